The molecular weight excluding hydrogens is 450 g/mol. The molecule has 3 aromatic rings. The molecule has 7 nitrogen and oxygen atoms in total. The number of ether oxygens (including phenoxy) is 1. The van der Waals surface area contributed by atoms with E-state index in [-0.39, 0.29) is 11.6 Å². The molecule has 3 N–H and O–H groups in total. The molecule has 1 fully saturated rings. The van der Waals surface area contributed by atoms with E-state index >= 15 is 0 Å². The van der Waals surface area contributed by atoms with Crippen molar-refractivity contribution in [1.29, 1.82) is 0 Å². The summed E-state index contributed by atoms with van der Waals surface area (Å²) in [4.78, 5) is 20.8. The summed E-state index contributed by atoms with van der Waals surface area (Å²) in [5.74, 6) is 0.780. The molecule has 180 valence electrons. The van der Waals surface area contributed by atoms with Gasteiger partial charge in [-0.2, -0.15) is 0 Å². The van der Waals surface area contributed by atoms with E-state index < -0.39 is 5.60 Å². The number of carbonyl (C=O) groups excluding carboxylic acids is 1. The Labute approximate surface area is 205 Å². The molecule has 2 heterocycles. The molecule has 1 aliphatic heterocycles. The molecule has 1 atom stereocenters. The Bertz CT molecular complexity index is 1160. The second-order valence-electron chi connectivity index (χ2n) is 9.47. The summed E-state index contributed by atoms with van der Waals surface area (Å²) in [6, 6.07) is 16.1. The zero-order valence-electron chi connectivity index (χ0n) is 19.9. The SMILES string of the molecule is CC(C)(C)OC(=O)N1CCN(C(Cl)c2cccc(Nc3nccc4c(CN)cccc34)c2)CC1. The van der Waals surface area contributed by atoms with Crippen molar-refractivity contribution < 1.29 is 9.53 Å². The van der Waals surface area contributed by atoms with Crippen molar-refractivity contribution in [3.63, 3.8) is 0 Å². The van der Waals surface area contributed by atoms with Gasteiger partial charge in [0.25, 0.3) is 0 Å². The van der Waals surface area contributed by atoms with Crippen LogP contribution in [0.3, 0.4) is 0 Å². The molecule has 0 saturated carbocycles. The van der Waals surface area contributed by atoms with Crippen molar-refractivity contribution >= 4 is 40.0 Å². The zero-order chi connectivity index (χ0) is 24.3. The quantitative estimate of drug-likeness (QED) is 0.383. The fourth-order valence-electron chi connectivity index (χ4n) is 4.12. The number of hydrogen-bond acceptors (Lipinski definition) is 6. The fraction of sp³-hybridized carbons (Fsp3) is 0.385. The molecule has 1 unspecified atom stereocenters. The number of anilines is 2. The number of piperazine rings is 1. The third-order valence-corrected chi connectivity index (χ3v) is 6.36. The van der Waals surface area contributed by atoms with Crippen molar-refractivity contribution in [2.24, 2.45) is 5.73 Å². The highest BCUT2D eigenvalue weighted by atomic mass is 35.5. The van der Waals surface area contributed by atoms with E-state index in [0.29, 0.717) is 32.7 Å². The summed E-state index contributed by atoms with van der Waals surface area (Å²) < 4.78 is 5.49. The van der Waals surface area contributed by atoms with Gasteiger partial charge in [0.2, 0.25) is 0 Å². The van der Waals surface area contributed by atoms with Crippen molar-refractivity contribution in [2.75, 3.05) is 31.5 Å². The maximum atomic E-state index is 12.3. The number of benzene rings is 2. The molecule has 2 aromatic carbocycles. The number of hydrogen-bond donors (Lipinski definition) is 2. The van der Waals surface area contributed by atoms with Gasteiger partial charge in [-0.25, -0.2) is 9.78 Å². The first-order chi connectivity index (χ1) is 16.2. The first-order valence-corrected chi connectivity index (χ1v) is 12.0. The number of pyridine rings is 1. The Hall–Kier alpha value is -2.87. The Morgan fingerprint density at radius 3 is 2.56 bits per heavy atom. The molecule has 0 bridgehead atoms. The summed E-state index contributed by atoms with van der Waals surface area (Å²) in [7, 11) is 0. The third kappa shape index (κ3) is 5.60. The van der Waals surface area contributed by atoms with Crippen LogP contribution >= 0.6 is 11.6 Å². The first kappa shape index (κ1) is 24.3. The first-order valence-electron chi connectivity index (χ1n) is 11.5. The Balaban J connectivity index is 1.44. The second-order valence-corrected chi connectivity index (χ2v) is 9.88. The lowest BCUT2D eigenvalue weighted by Gasteiger charge is -2.37. The summed E-state index contributed by atoms with van der Waals surface area (Å²) in [6.07, 6.45) is 1.52. The van der Waals surface area contributed by atoms with Crippen LogP contribution in [-0.4, -0.2) is 52.7 Å². The third-order valence-electron chi connectivity index (χ3n) is 5.83. The lowest BCUT2D eigenvalue weighted by atomic mass is 10.1. The lowest BCUT2D eigenvalue weighted by molar-refractivity contribution is 0.0133. The van der Waals surface area contributed by atoms with Crippen LogP contribution in [0.4, 0.5) is 16.3 Å². The van der Waals surface area contributed by atoms with Crippen LogP contribution in [0.5, 0.6) is 0 Å². The Morgan fingerprint density at radius 2 is 1.85 bits per heavy atom. The fourth-order valence-corrected chi connectivity index (χ4v) is 4.45. The minimum absolute atomic E-state index is 0.273. The van der Waals surface area contributed by atoms with Crippen LogP contribution in [-0.2, 0) is 11.3 Å². The van der Waals surface area contributed by atoms with Gasteiger partial charge in [0.05, 0.1) is 0 Å². The number of aromatic nitrogens is 1. The summed E-state index contributed by atoms with van der Waals surface area (Å²) in [5.41, 5.74) is 8.09. The van der Waals surface area contributed by atoms with Crippen molar-refractivity contribution in [3.8, 4) is 0 Å². The molecule has 1 saturated heterocycles. The molecule has 8 heteroatoms. The number of alkyl halides is 1. The molecule has 0 spiro atoms. The van der Waals surface area contributed by atoms with Crippen LogP contribution in [0.1, 0.15) is 37.4 Å². The van der Waals surface area contributed by atoms with Crippen LogP contribution in [0.15, 0.2) is 54.7 Å². The van der Waals surface area contributed by atoms with Crippen molar-refractivity contribution in [2.45, 2.75) is 38.4 Å². The summed E-state index contributed by atoms with van der Waals surface area (Å²) in [6.45, 7) is 8.63. The van der Waals surface area contributed by atoms with Gasteiger partial charge in [-0.1, -0.05) is 30.3 Å². The topological polar surface area (TPSA) is 83.7 Å². The highest BCUT2D eigenvalue weighted by molar-refractivity contribution is 6.20. The number of amides is 1. The largest absolute Gasteiger partial charge is 0.444 e. The molecular formula is C26H32ClN5O2. The van der Waals surface area contributed by atoms with Crippen molar-refractivity contribution in [1.82, 2.24) is 14.8 Å². The van der Waals surface area contributed by atoms with E-state index in [2.05, 4.69) is 15.2 Å². The van der Waals surface area contributed by atoms with Gasteiger partial charge in [-0.3, -0.25) is 4.90 Å². The smallest absolute Gasteiger partial charge is 0.410 e. The van der Waals surface area contributed by atoms with Crippen LogP contribution < -0.4 is 11.1 Å². The van der Waals surface area contributed by atoms with Gasteiger partial charge in [0.15, 0.2) is 0 Å². The molecule has 0 radical (unpaired) electrons. The number of carbonyl (C=O) groups is 1. The summed E-state index contributed by atoms with van der Waals surface area (Å²) >= 11 is 6.86. The molecule has 34 heavy (non-hydrogen) atoms. The van der Waals surface area contributed by atoms with Crippen LogP contribution in [0.25, 0.3) is 10.8 Å². The number of nitrogens with one attached hydrogen (secondary N) is 1. The van der Waals surface area contributed by atoms with Gasteiger partial charge in [-0.15, -0.1) is 11.6 Å². The number of nitrogens with zero attached hydrogens (tertiary/aromatic N) is 3. The summed E-state index contributed by atoms with van der Waals surface area (Å²) in [5, 5.41) is 5.56. The van der Waals surface area contributed by atoms with E-state index in [1.807, 2.05) is 69.3 Å². The maximum absolute atomic E-state index is 12.3. The minimum atomic E-state index is -0.499. The minimum Gasteiger partial charge on any atom is -0.444 e. The van der Waals surface area contributed by atoms with Gasteiger partial charge < -0.3 is 20.7 Å². The predicted octanol–water partition coefficient (Wildman–Crippen LogP) is 5.23. The van der Waals surface area contributed by atoms with E-state index in [0.717, 1.165) is 33.4 Å². The molecule has 1 aliphatic rings. The number of nitrogens with two attached hydrogens (primary N) is 1. The highest BCUT2D eigenvalue weighted by Crippen LogP contribution is 2.31. The lowest BCUT2D eigenvalue weighted by Crippen LogP contribution is -2.50. The average Bonchev–Trinajstić information content (AvgIpc) is 2.82. The zero-order valence-corrected chi connectivity index (χ0v) is 20.7. The predicted molar refractivity (Wildman–Crippen MR) is 137 cm³/mol. The molecule has 4 rings (SSSR count). The van der Waals surface area contributed by atoms with Gasteiger partial charge >= 0.3 is 6.09 Å². The van der Waals surface area contributed by atoms with Crippen molar-refractivity contribution in [3.05, 3.63) is 65.9 Å². The van der Waals surface area contributed by atoms with E-state index in [9.17, 15) is 4.79 Å². The van der Waals surface area contributed by atoms with Gasteiger partial charge in [0, 0.05) is 50.0 Å². The van der Waals surface area contributed by atoms with Gasteiger partial charge in [0.1, 0.15) is 16.9 Å². The van der Waals surface area contributed by atoms with E-state index in [1.165, 1.54) is 0 Å². The molecule has 0 aliphatic carbocycles. The number of fused-ring (bicyclic) bond motifs is 1. The molecule has 1 amide bonds. The number of halogens is 1. The number of rotatable bonds is 5. The van der Waals surface area contributed by atoms with Gasteiger partial charge in [-0.05, 0) is 55.5 Å². The normalized spacial score (nSPS) is 15.9. The van der Waals surface area contributed by atoms with E-state index in [4.69, 9.17) is 22.1 Å². The maximum Gasteiger partial charge on any atom is 0.410 e. The Morgan fingerprint density at radius 1 is 1.12 bits per heavy atom. The Kier molecular flexibility index (Phi) is 7.26. The standard InChI is InChI=1S/C26H32ClN5O2/c1-26(2,3)34-25(33)32-14-12-31(13-15-32)23(27)18-6-4-8-20(16-18)30-24-22-9-5-7-19(17-28)21(22)10-11-29-24/h4-11,16,23H,12-15,17,28H2,1-3H3,(H,29,30). The monoisotopic (exact) mass is 481 g/mol. The highest BCUT2D eigenvalue weighted by Gasteiger charge is 2.28. The molecule has 1 aromatic heterocycles. The second kappa shape index (κ2) is 10.2. The van der Waals surface area contributed by atoms with Crippen LogP contribution in [0.2, 0.25) is 0 Å². The van der Waals surface area contributed by atoms with E-state index in [1.54, 1.807) is 11.1 Å². The van der Waals surface area contributed by atoms with Crippen LogP contribution in [0, 0.1) is 0 Å². The average molecular weight is 482 g/mol.